The van der Waals surface area contributed by atoms with Gasteiger partial charge in [0.1, 0.15) is 10.5 Å². The van der Waals surface area contributed by atoms with Gasteiger partial charge in [0.15, 0.2) is 0 Å². The molecule has 1 N–H and O–H groups in total. The topological polar surface area (TPSA) is 81.7 Å². The minimum Gasteiger partial charge on any atom is -0.308 e. The molecular weight excluding hydrogens is 564 g/mol. The monoisotopic (exact) mass is 595 g/mol. The molecule has 0 amide bonds. The molecule has 0 atom stereocenters. The molecule has 2 rings (SSSR count). The lowest BCUT2D eigenvalue weighted by Crippen LogP contribution is -2.25. The molecule has 0 fully saturated rings. The van der Waals surface area contributed by atoms with Crippen molar-refractivity contribution >= 4 is 86.6 Å². The number of alkyl halides is 2. The van der Waals surface area contributed by atoms with Crippen molar-refractivity contribution in [2.75, 3.05) is 42.8 Å². The Bertz CT molecular complexity index is 963. The molecule has 1 heterocycles. The number of fused-ring (bicyclic) bond motifs is 1. The first-order valence-corrected chi connectivity index (χ1v) is 17.3. The number of rotatable bonds is 15. The Kier molecular flexibility index (Phi) is 16.3. The van der Waals surface area contributed by atoms with Crippen LogP contribution in [0.2, 0.25) is 0 Å². The van der Waals surface area contributed by atoms with Crippen molar-refractivity contribution < 1.29 is 22.0 Å². The minimum absolute atomic E-state index is 0.174. The molecule has 2 aromatic rings. The Labute approximate surface area is 221 Å². The lowest BCUT2D eigenvalue weighted by Gasteiger charge is -2.17. The van der Waals surface area contributed by atoms with Crippen LogP contribution in [0.25, 0.3) is 10.1 Å². The fourth-order valence-electron chi connectivity index (χ4n) is 2.45. The first-order chi connectivity index (χ1) is 15.7. The second kappa shape index (κ2) is 17.1. The largest absolute Gasteiger partial charge is 0.345 e. The molecule has 33 heavy (non-hydrogen) atoms. The lowest BCUT2D eigenvalue weighted by molar-refractivity contribution is 0.219. The van der Waals surface area contributed by atoms with Crippen LogP contribution in [0.3, 0.4) is 0 Å². The molecule has 0 aliphatic rings. The zero-order chi connectivity index (χ0) is 24.7. The molecule has 6 nitrogen and oxygen atoms in total. The summed E-state index contributed by atoms with van der Waals surface area (Å²) in [6.45, 7) is 3.70. The van der Waals surface area contributed by atoms with E-state index in [0.717, 1.165) is 51.6 Å². The highest BCUT2D eigenvalue weighted by molar-refractivity contribution is 7.98. The Morgan fingerprint density at radius 1 is 1.12 bits per heavy atom. The van der Waals surface area contributed by atoms with Crippen molar-refractivity contribution in [3.8, 4) is 0 Å². The van der Waals surface area contributed by atoms with Crippen molar-refractivity contribution in [2.24, 2.45) is 0 Å². The molecule has 13 heteroatoms. The van der Waals surface area contributed by atoms with Gasteiger partial charge in [0.25, 0.3) is 10.0 Å². The number of thiol groups is 1. The van der Waals surface area contributed by atoms with Crippen molar-refractivity contribution in [1.82, 2.24) is 4.72 Å². The summed E-state index contributed by atoms with van der Waals surface area (Å²) in [4.78, 5) is 0. The smallest absolute Gasteiger partial charge is 0.308 e. The highest BCUT2D eigenvalue weighted by atomic mass is 35.5. The molecule has 0 aliphatic heterocycles. The molecular formula is C20H32Cl2NO5PS4. The highest BCUT2D eigenvalue weighted by Gasteiger charge is 2.27. The second-order valence-electron chi connectivity index (χ2n) is 6.55. The summed E-state index contributed by atoms with van der Waals surface area (Å²) in [7, 11) is -7.31. The summed E-state index contributed by atoms with van der Waals surface area (Å²) in [5.41, 5.74) is 1.14. The molecule has 0 saturated heterocycles. The van der Waals surface area contributed by atoms with Crippen LogP contribution in [0.1, 0.15) is 32.3 Å². The number of benzene rings is 1. The van der Waals surface area contributed by atoms with Gasteiger partial charge in [0.2, 0.25) is 0 Å². The van der Waals surface area contributed by atoms with Gasteiger partial charge in [-0.2, -0.15) is 29.1 Å². The van der Waals surface area contributed by atoms with Crippen LogP contribution in [-0.2, 0) is 29.4 Å². The third-order valence-corrected chi connectivity index (χ3v) is 10.9. The van der Waals surface area contributed by atoms with E-state index >= 15 is 0 Å². The van der Waals surface area contributed by atoms with Gasteiger partial charge in [0.05, 0.1) is 13.2 Å². The molecule has 0 unspecified atom stereocenters. The number of nitrogens with one attached hydrogen (secondary N) is 1. The van der Waals surface area contributed by atoms with E-state index in [2.05, 4.69) is 17.4 Å². The summed E-state index contributed by atoms with van der Waals surface area (Å²) in [6, 6.07) is 7.59. The van der Waals surface area contributed by atoms with E-state index < -0.39 is 23.9 Å². The summed E-state index contributed by atoms with van der Waals surface area (Å²) in [5.74, 6) is 4.15. The number of halogens is 2. The maximum absolute atomic E-state index is 12.6. The van der Waals surface area contributed by atoms with Crippen molar-refractivity contribution in [2.45, 2.75) is 36.7 Å². The lowest BCUT2D eigenvalue weighted by atomic mass is 10.2. The second-order valence-corrected chi connectivity index (χ2v) is 14.0. The molecule has 190 valence electrons. The zero-order valence-electron chi connectivity index (χ0n) is 18.8. The SMILES string of the molecule is CCOP(=O)(CNS(=O)(=O)c1cc2cc(CSCCCCl)ccc2s1)OCC.SCCCCl. The van der Waals surface area contributed by atoms with Gasteiger partial charge < -0.3 is 9.05 Å². The van der Waals surface area contributed by atoms with Crippen LogP contribution in [0.4, 0.5) is 0 Å². The predicted octanol–water partition coefficient (Wildman–Crippen LogP) is 6.81. The molecule has 0 radical (unpaired) electrons. The Hall–Kier alpha value is 0.520. The van der Waals surface area contributed by atoms with E-state index in [4.69, 9.17) is 32.2 Å². The summed E-state index contributed by atoms with van der Waals surface area (Å²) >= 11 is 17.8. The van der Waals surface area contributed by atoms with Crippen LogP contribution in [-0.4, -0.2) is 51.2 Å². The number of hydrogen-bond donors (Lipinski definition) is 2. The molecule has 0 aliphatic carbocycles. The normalized spacial score (nSPS) is 12.0. The van der Waals surface area contributed by atoms with Crippen LogP contribution in [0.5, 0.6) is 0 Å². The molecule has 1 aromatic heterocycles. The van der Waals surface area contributed by atoms with Crippen molar-refractivity contribution in [3.05, 3.63) is 29.8 Å². The third kappa shape index (κ3) is 11.9. The standard InChI is InChI=1S/C17H25ClNO5PS3.C3H7ClS/c1-3-23-25(20,24-4-2)13-19-28(21,22)17-11-15-10-14(6-7-16(15)27-17)12-26-9-5-8-18;4-2-1-3-5/h6-7,10-11,19H,3-5,8-9,12-13H2,1-2H3;5H,1-3H2. The number of thiophene rings is 1. The van der Waals surface area contributed by atoms with E-state index in [1.54, 1.807) is 31.7 Å². The van der Waals surface area contributed by atoms with Gasteiger partial charge in [-0.15, -0.1) is 34.5 Å². The van der Waals surface area contributed by atoms with Gasteiger partial charge in [-0.25, -0.2) is 8.42 Å². The molecule has 1 aromatic carbocycles. The maximum atomic E-state index is 12.6. The fraction of sp³-hybridized carbons (Fsp3) is 0.600. The van der Waals surface area contributed by atoms with E-state index in [9.17, 15) is 13.0 Å². The van der Waals surface area contributed by atoms with Gasteiger partial charge in [0, 0.05) is 22.2 Å². The fourth-order valence-corrected chi connectivity index (χ4v) is 8.57. The zero-order valence-corrected chi connectivity index (χ0v) is 24.5. The quantitative estimate of drug-likeness (QED) is 0.102. The average Bonchev–Trinajstić information content (AvgIpc) is 3.21. The van der Waals surface area contributed by atoms with E-state index in [0.29, 0.717) is 5.88 Å². The van der Waals surface area contributed by atoms with Crippen LogP contribution in [0, 0.1) is 0 Å². The highest BCUT2D eigenvalue weighted by Crippen LogP contribution is 2.47. The number of sulfonamides is 1. The van der Waals surface area contributed by atoms with Crippen molar-refractivity contribution in [3.63, 3.8) is 0 Å². The molecule has 0 bridgehead atoms. The van der Waals surface area contributed by atoms with Gasteiger partial charge in [-0.3, -0.25) is 4.57 Å². The van der Waals surface area contributed by atoms with Gasteiger partial charge in [-0.1, -0.05) is 6.07 Å². The van der Waals surface area contributed by atoms with Crippen molar-refractivity contribution in [1.29, 1.82) is 0 Å². The Balaban J connectivity index is 0.000000981. The Morgan fingerprint density at radius 2 is 1.79 bits per heavy atom. The Morgan fingerprint density at radius 3 is 2.33 bits per heavy atom. The van der Waals surface area contributed by atoms with Gasteiger partial charge in [-0.05, 0) is 67.3 Å². The van der Waals surface area contributed by atoms with E-state index in [-0.39, 0.29) is 17.4 Å². The van der Waals surface area contributed by atoms with E-state index in [1.165, 1.54) is 11.3 Å². The third-order valence-electron chi connectivity index (χ3n) is 3.91. The number of hydrogen-bond acceptors (Lipinski definition) is 8. The minimum atomic E-state index is -3.81. The first-order valence-electron chi connectivity index (χ1n) is 10.5. The number of thioether (sulfide) groups is 1. The van der Waals surface area contributed by atoms with Crippen LogP contribution >= 0.6 is 66.5 Å². The summed E-state index contributed by atoms with van der Waals surface area (Å²) < 4.78 is 51.4. The molecule has 0 spiro atoms. The first kappa shape index (κ1) is 31.5. The van der Waals surface area contributed by atoms with Crippen LogP contribution in [0.15, 0.2) is 28.5 Å². The predicted molar refractivity (Wildman–Crippen MR) is 149 cm³/mol. The van der Waals surface area contributed by atoms with E-state index in [1.807, 2.05) is 18.2 Å². The summed E-state index contributed by atoms with van der Waals surface area (Å²) in [5, 5.41) is 0.874. The van der Waals surface area contributed by atoms with Crippen LogP contribution < -0.4 is 4.72 Å². The average molecular weight is 597 g/mol. The maximum Gasteiger partial charge on any atom is 0.345 e. The summed E-state index contributed by atoms with van der Waals surface area (Å²) in [6.07, 6.45) is 1.59. The molecule has 0 saturated carbocycles. The van der Waals surface area contributed by atoms with Gasteiger partial charge >= 0.3 is 7.60 Å².